The number of piperidine rings is 1. The first-order chi connectivity index (χ1) is 11.6. The highest BCUT2D eigenvalue weighted by molar-refractivity contribution is 7.88. The standard InChI is InChI=1S/C17H23N3O3S/c1-20-10-5-8-15(17(20)14-6-3-2-4-7-14)12-18-24(21,22)13-16-9-11-23-19-16/h2-4,6-7,9,11,15,17-18H,5,8,10,12-13H2,1H3. The molecular formula is C17H23N3O3S. The van der Waals surface area contributed by atoms with E-state index in [-0.39, 0.29) is 17.7 Å². The second kappa shape index (κ2) is 7.46. The molecule has 0 amide bonds. The van der Waals surface area contributed by atoms with Gasteiger partial charge < -0.3 is 4.52 Å². The van der Waals surface area contributed by atoms with Gasteiger partial charge in [0.25, 0.3) is 0 Å². The van der Waals surface area contributed by atoms with Crippen molar-refractivity contribution in [3.05, 3.63) is 53.9 Å². The van der Waals surface area contributed by atoms with Crippen LogP contribution in [0.25, 0.3) is 0 Å². The van der Waals surface area contributed by atoms with Crippen molar-refractivity contribution in [3.8, 4) is 0 Å². The summed E-state index contributed by atoms with van der Waals surface area (Å²) in [6, 6.07) is 12.1. The van der Waals surface area contributed by atoms with Gasteiger partial charge >= 0.3 is 0 Å². The van der Waals surface area contributed by atoms with E-state index in [0.717, 1.165) is 19.4 Å². The van der Waals surface area contributed by atoms with E-state index in [1.165, 1.54) is 11.8 Å². The molecule has 1 aromatic carbocycles. The number of benzene rings is 1. The molecule has 2 aromatic rings. The molecule has 2 unspecified atom stereocenters. The van der Waals surface area contributed by atoms with Gasteiger partial charge in [-0.05, 0) is 37.9 Å². The third-order valence-electron chi connectivity index (χ3n) is 4.54. The van der Waals surface area contributed by atoms with Crippen molar-refractivity contribution in [1.29, 1.82) is 0 Å². The number of nitrogens with one attached hydrogen (secondary N) is 1. The zero-order valence-corrected chi connectivity index (χ0v) is 14.6. The first kappa shape index (κ1) is 17.1. The van der Waals surface area contributed by atoms with Crippen LogP contribution in [-0.4, -0.2) is 38.6 Å². The van der Waals surface area contributed by atoms with Crippen molar-refractivity contribution in [2.45, 2.75) is 24.6 Å². The van der Waals surface area contributed by atoms with E-state index in [4.69, 9.17) is 4.52 Å². The number of sulfonamides is 1. The molecule has 1 N–H and O–H groups in total. The summed E-state index contributed by atoms with van der Waals surface area (Å²) >= 11 is 0. The van der Waals surface area contributed by atoms with Gasteiger partial charge in [-0.15, -0.1) is 0 Å². The zero-order valence-electron chi connectivity index (χ0n) is 13.8. The molecule has 7 heteroatoms. The van der Waals surface area contributed by atoms with Crippen LogP contribution in [0.4, 0.5) is 0 Å². The van der Waals surface area contributed by atoms with Gasteiger partial charge in [0.15, 0.2) is 0 Å². The lowest BCUT2D eigenvalue weighted by Crippen LogP contribution is -2.42. The Morgan fingerprint density at radius 2 is 2.08 bits per heavy atom. The summed E-state index contributed by atoms with van der Waals surface area (Å²) < 4.78 is 32.0. The smallest absolute Gasteiger partial charge is 0.217 e. The number of aromatic nitrogens is 1. The molecule has 1 aliphatic heterocycles. The third kappa shape index (κ3) is 4.23. The molecule has 2 atom stereocenters. The first-order valence-electron chi connectivity index (χ1n) is 8.17. The fourth-order valence-corrected chi connectivity index (χ4v) is 4.55. The van der Waals surface area contributed by atoms with Gasteiger partial charge in [0, 0.05) is 18.7 Å². The fourth-order valence-electron chi connectivity index (χ4n) is 3.44. The molecule has 1 fully saturated rings. The molecule has 24 heavy (non-hydrogen) atoms. The van der Waals surface area contributed by atoms with E-state index in [2.05, 4.69) is 34.0 Å². The quantitative estimate of drug-likeness (QED) is 0.865. The maximum Gasteiger partial charge on any atom is 0.217 e. The monoisotopic (exact) mass is 349 g/mol. The van der Waals surface area contributed by atoms with E-state index in [1.54, 1.807) is 6.07 Å². The Labute approximate surface area is 142 Å². The van der Waals surface area contributed by atoms with Crippen LogP contribution >= 0.6 is 0 Å². The molecule has 0 aliphatic carbocycles. The van der Waals surface area contributed by atoms with Crippen LogP contribution in [0.1, 0.15) is 30.1 Å². The molecule has 130 valence electrons. The number of nitrogens with zero attached hydrogens (tertiary/aromatic N) is 2. The fraction of sp³-hybridized carbons (Fsp3) is 0.471. The SMILES string of the molecule is CN1CCCC(CNS(=O)(=O)Cc2ccon2)C1c1ccccc1. The van der Waals surface area contributed by atoms with E-state index in [1.807, 2.05) is 18.2 Å². The topological polar surface area (TPSA) is 75.4 Å². The van der Waals surface area contributed by atoms with Crippen molar-refractivity contribution in [1.82, 2.24) is 14.8 Å². The van der Waals surface area contributed by atoms with Gasteiger partial charge in [-0.2, -0.15) is 0 Å². The summed E-state index contributed by atoms with van der Waals surface area (Å²) in [7, 11) is -1.31. The summed E-state index contributed by atoms with van der Waals surface area (Å²) in [4.78, 5) is 2.31. The van der Waals surface area contributed by atoms with E-state index < -0.39 is 10.0 Å². The van der Waals surface area contributed by atoms with Crippen LogP contribution in [0.5, 0.6) is 0 Å². The highest BCUT2D eigenvalue weighted by Gasteiger charge is 2.31. The predicted molar refractivity (Wildman–Crippen MR) is 91.7 cm³/mol. The molecule has 1 saturated heterocycles. The number of hydrogen-bond acceptors (Lipinski definition) is 5. The highest BCUT2D eigenvalue weighted by Crippen LogP contribution is 2.34. The molecule has 6 nitrogen and oxygen atoms in total. The van der Waals surface area contributed by atoms with Gasteiger partial charge in [-0.25, -0.2) is 13.1 Å². The molecule has 1 aromatic heterocycles. The minimum atomic E-state index is -3.42. The molecule has 2 heterocycles. The second-order valence-electron chi connectivity index (χ2n) is 6.34. The Morgan fingerprint density at radius 1 is 1.29 bits per heavy atom. The van der Waals surface area contributed by atoms with Gasteiger partial charge in [-0.1, -0.05) is 35.5 Å². The lowest BCUT2D eigenvalue weighted by molar-refractivity contribution is 0.123. The minimum absolute atomic E-state index is 0.151. The van der Waals surface area contributed by atoms with Crippen molar-refractivity contribution in [2.24, 2.45) is 5.92 Å². The molecular weight excluding hydrogens is 326 g/mol. The van der Waals surface area contributed by atoms with Gasteiger partial charge in [0.2, 0.25) is 10.0 Å². The van der Waals surface area contributed by atoms with Crippen molar-refractivity contribution in [2.75, 3.05) is 20.1 Å². The Bertz CT molecular complexity index is 732. The maximum atomic E-state index is 12.3. The number of hydrogen-bond donors (Lipinski definition) is 1. The largest absolute Gasteiger partial charge is 0.364 e. The molecule has 0 bridgehead atoms. The zero-order chi connectivity index (χ0) is 17.0. The van der Waals surface area contributed by atoms with Crippen molar-refractivity contribution >= 4 is 10.0 Å². The van der Waals surface area contributed by atoms with Crippen LogP contribution in [0, 0.1) is 5.92 Å². The van der Waals surface area contributed by atoms with Crippen LogP contribution in [-0.2, 0) is 15.8 Å². The average molecular weight is 349 g/mol. The Kier molecular flexibility index (Phi) is 5.33. The average Bonchev–Trinajstić information content (AvgIpc) is 3.06. The van der Waals surface area contributed by atoms with Crippen LogP contribution < -0.4 is 4.72 Å². The first-order valence-corrected chi connectivity index (χ1v) is 9.82. The minimum Gasteiger partial charge on any atom is -0.364 e. The van der Waals surface area contributed by atoms with E-state index >= 15 is 0 Å². The normalized spacial score (nSPS) is 22.5. The summed E-state index contributed by atoms with van der Waals surface area (Å²) in [5.74, 6) is 0.0976. The lowest BCUT2D eigenvalue weighted by atomic mass is 9.85. The lowest BCUT2D eigenvalue weighted by Gasteiger charge is -2.39. The van der Waals surface area contributed by atoms with E-state index in [0.29, 0.717) is 12.2 Å². The molecule has 3 rings (SSSR count). The summed E-state index contributed by atoms with van der Waals surface area (Å²) in [5.41, 5.74) is 1.66. The Hall–Kier alpha value is -1.70. The summed E-state index contributed by atoms with van der Waals surface area (Å²) in [6.45, 7) is 1.46. The van der Waals surface area contributed by atoms with Crippen molar-refractivity contribution in [3.63, 3.8) is 0 Å². The van der Waals surface area contributed by atoms with Gasteiger partial charge in [0.05, 0.1) is 5.69 Å². The molecule has 0 saturated carbocycles. The van der Waals surface area contributed by atoms with E-state index in [9.17, 15) is 8.42 Å². The van der Waals surface area contributed by atoms with Crippen molar-refractivity contribution < 1.29 is 12.9 Å². The maximum absolute atomic E-state index is 12.3. The van der Waals surface area contributed by atoms with Crippen LogP contribution in [0.15, 0.2) is 47.2 Å². The second-order valence-corrected chi connectivity index (χ2v) is 8.14. The van der Waals surface area contributed by atoms with Crippen LogP contribution in [0.3, 0.4) is 0 Å². The van der Waals surface area contributed by atoms with Crippen LogP contribution in [0.2, 0.25) is 0 Å². The molecule has 0 spiro atoms. The summed E-state index contributed by atoms with van der Waals surface area (Å²) in [6.07, 6.45) is 3.47. The predicted octanol–water partition coefficient (Wildman–Crippen LogP) is 2.18. The third-order valence-corrected chi connectivity index (χ3v) is 5.83. The Morgan fingerprint density at radius 3 is 2.79 bits per heavy atom. The molecule has 1 aliphatic rings. The van der Waals surface area contributed by atoms with Gasteiger partial charge in [-0.3, -0.25) is 4.90 Å². The van der Waals surface area contributed by atoms with Gasteiger partial charge in [0.1, 0.15) is 12.0 Å². The number of likely N-dealkylation sites (tertiary alicyclic amines) is 1. The Balaban J connectivity index is 1.68. The molecule has 0 radical (unpaired) electrons. The highest BCUT2D eigenvalue weighted by atomic mass is 32.2. The summed E-state index contributed by atoms with van der Waals surface area (Å²) in [5, 5.41) is 3.67. The number of rotatable bonds is 6.